The van der Waals surface area contributed by atoms with Crippen molar-refractivity contribution in [1.82, 2.24) is 14.5 Å². The topological polar surface area (TPSA) is 59.8 Å². The third kappa shape index (κ3) is 2.80. The van der Waals surface area contributed by atoms with Crippen molar-refractivity contribution < 1.29 is 0 Å². The lowest BCUT2D eigenvalue weighted by Gasteiger charge is -2.08. The molecule has 1 N–H and O–H groups in total. The van der Waals surface area contributed by atoms with E-state index in [-0.39, 0.29) is 5.56 Å². The molecule has 0 aromatic carbocycles. The van der Waals surface area contributed by atoms with Gasteiger partial charge in [-0.15, -0.1) is 11.3 Å². The Bertz CT molecular complexity index is 837. The van der Waals surface area contributed by atoms with E-state index in [1.165, 1.54) is 0 Å². The number of anilines is 1. The molecule has 0 saturated carbocycles. The summed E-state index contributed by atoms with van der Waals surface area (Å²) >= 11 is 1.57. The fourth-order valence-electron chi connectivity index (χ4n) is 2.26. The van der Waals surface area contributed by atoms with Crippen LogP contribution in [-0.2, 0) is 6.54 Å². The maximum atomic E-state index is 12.4. The van der Waals surface area contributed by atoms with E-state index in [0.717, 1.165) is 28.1 Å². The van der Waals surface area contributed by atoms with Gasteiger partial charge in [-0.2, -0.15) is 0 Å². The highest BCUT2D eigenvalue weighted by Gasteiger charge is 2.07. The van der Waals surface area contributed by atoms with Crippen molar-refractivity contribution in [2.75, 3.05) is 11.9 Å². The highest BCUT2D eigenvalue weighted by atomic mass is 32.1. The van der Waals surface area contributed by atoms with Gasteiger partial charge in [0, 0.05) is 29.2 Å². The van der Waals surface area contributed by atoms with Crippen LogP contribution in [0.2, 0.25) is 0 Å². The summed E-state index contributed by atoms with van der Waals surface area (Å²) in [7, 11) is 0. The lowest BCUT2D eigenvalue weighted by molar-refractivity contribution is 0.718. The van der Waals surface area contributed by atoms with Gasteiger partial charge in [0.15, 0.2) is 5.82 Å². The maximum Gasteiger partial charge on any atom is 0.259 e. The number of aromatic nitrogens is 3. The molecule has 5 nitrogen and oxygen atoms in total. The summed E-state index contributed by atoms with van der Waals surface area (Å²) in [5.41, 5.74) is 0.893. The zero-order chi connectivity index (χ0) is 14.8. The molecule has 0 fully saturated rings. The van der Waals surface area contributed by atoms with E-state index in [0.29, 0.717) is 12.4 Å². The molecule has 3 heterocycles. The molecule has 108 valence electrons. The van der Waals surface area contributed by atoms with Gasteiger partial charge in [-0.05, 0) is 31.4 Å². The van der Waals surface area contributed by atoms with Gasteiger partial charge in [-0.3, -0.25) is 4.79 Å². The van der Waals surface area contributed by atoms with Crippen LogP contribution in [0.4, 0.5) is 5.82 Å². The smallest absolute Gasteiger partial charge is 0.259 e. The molecule has 0 saturated heterocycles. The summed E-state index contributed by atoms with van der Waals surface area (Å²) < 4.78 is 2.66. The minimum absolute atomic E-state index is 0.00357. The Morgan fingerprint density at radius 2 is 2.19 bits per heavy atom. The molecule has 0 unspecified atom stereocenters. The van der Waals surface area contributed by atoms with Crippen LogP contribution in [0, 0.1) is 6.92 Å². The van der Waals surface area contributed by atoms with Gasteiger partial charge in [-0.25, -0.2) is 9.97 Å². The van der Waals surface area contributed by atoms with Crippen LogP contribution in [-0.4, -0.2) is 21.1 Å². The molecule has 0 atom stereocenters. The Kier molecular flexibility index (Phi) is 3.70. The maximum absolute atomic E-state index is 12.4. The molecular formula is C15H16N4OS. The number of nitrogens with zero attached hydrogens (tertiary/aromatic N) is 3. The summed E-state index contributed by atoms with van der Waals surface area (Å²) in [5, 5.41) is 5.86. The summed E-state index contributed by atoms with van der Waals surface area (Å²) in [4.78, 5) is 21.2. The molecule has 3 aromatic rings. The summed E-state index contributed by atoms with van der Waals surface area (Å²) in [6, 6.07) is 5.72. The number of aryl methyl sites for hydroxylation is 1. The summed E-state index contributed by atoms with van der Waals surface area (Å²) in [6.45, 7) is 5.13. The average molecular weight is 300 g/mol. The van der Waals surface area contributed by atoms with Crippen molar-refractivity contribution in [2.24, 2.45) is 0 Å². The van der Waals surface area contributed by atoms with Crippen LogP contribution >= 0.6 is 11.3 Å². The Labute approximate surface area is 126 Å². The molecule has 21 heavy (non-hydrogen) atoms. The van der Waals surface area contributed by atoms with Crippen molar-refractivity contribution in [1.29, 1.82) is 0 Å². The highest BCUT2D eigenvalue weighted by Crippen LogP contribution is 2.16. The Morgan fingerprint density at radius 3 is 3.00 bits per heavy atom. The number of rotatable bonds is 4. The van der Waals surface area contributed by atoms with Crippen molar-refractivity contribution in [2.45, 2.75) is 20.4 Å². The van der Waals surface area contributed by atoms with E-state index in [4.69, 9.17) is 0 Å². The van der Waals surface area contributed by atoms with Gasteiger partial charge in [-0.1, -0.05) is 0 Å². The molecular weight excluding hydrogens is 284 g/mol. The molecule has 0 aliphatic heterocycles. The normalized spacial score (nSPS) is 11.0. The van der Waals surface area contributed by atoms with E-state index in [2.05, 4.69) is 15.3 Å². The van der Waals surface area contributed by atoms with Crippen LogP contribution < -0.4 is 10.9 Å². The van der Waals surface area contributed by atoms with Crippen LogP contribution in [0.5, 0.6) is 0 Å². The second-order valence-corrected chi connectivity index (χ2v) is 5.74. The average Bonchev–Trinajstić information content (AvgIpc) is 2.91. The Morgan fingerprint density at radius 1 is 1.33 bits per heavy atom. The fraction of sp³-hybridized carbons (Fsp3) is 0.267. The summed E-state index contributed by atoms with van der Waals surface area (Å²) in [6.07, 6.45) is 1.81. The number of hydrogen-bond donors (Lipinski definition) is 1. The van der Waals surface area contributed by atoms with Gasteiger partial charge < -0.3 is 9.88 Å². The van der Waals surface area contributed by atoms with Crippen LogP contribution in [0.15, 0.2) is 34.6 Å². The molecule has 0 spiro atoms. The predicted molar refractivity (Wildman–Crippen MR) is 86.1 cm³/mol. The Hall–Kier alpha value is -2.21. The zero-order valence-electron chi connectivity index (χ0n) is 12.0. The monoisotopic (exact) mass is 300 g/mol. The summed E-state index contributed by atoms with van der Waals surface area (Å²) in [5.74, 6) is 1.44. The molecule has 0 radical (unpaired) electrons. The number of nitrogens with one attached hydrogen (secondary N) is 1. The van der Waals surface area contributed by atoms with Gasteiger partial charge in [0.2, 0.25) is 0 Å². The minimum atomic E-state index is 0.00357. The molecule has 0 amide bonds. The molecule has 3 rings (SSSR count). The number of fused-ring (bicyclic) bond motifs is 1. The zero-order valence-corrected chi connectivity index (χ0v) is 12.8. The number of hydrogen-bond acceptors (Lipinski definition) is 5. The second-order valence-electron chi connectivity index (χ2n) is 4.79. The van der Waals surface area contributed by atoms with Gasteiger partial charge in [0.1, 0.15) is 5.82 Å². The Balaban J connectivity index is 1.98. The lowest BCUT2D eigenvalue weighted by Crippen LogP contribution is -2.21. The first-order valence-electron chi connectivity index (χ1n) is 6.82. The van der Waals surface area contributed by atoms with Crippen molar-refractivity contribution in [3.8, 4) is 0 Å². The van der Waals surface area contributed by atoms with Gasteiger partial charge in [0.25, 0.3) is 5.56 Å². The van der Waals surface area contributed by atoms with Crippen LogP contribution in [0.25, 0.3) is 10.1 Å². The molecule has 0 aliphatic rings. The predicted octanol–water partition coefficient (Wildman–Crippen LogP) is 2.64. The SMILES string of the molecule is CCNc1cc(C)nc(Cn2ccc3sccc3c2=O)n1. The number of pyridine rings is 1. The third-order valence-electron chi connectivity index (χ3n) is 3.16. The van der Waals surface area contributed by atoms with Crippen LogP contribution in [0.3, 0.4) is 0 Å². The second kappa shape index (κ2) is 5.65. The molecule has 6 heteroatoms. The van der Waals surface area contributed by atoms with E-state index < -0.39 is 0 Å². The third-order valence-corrected chi connectivity index (χ3v) is 4.04. The largest absolute Gasteiger partial charge is 0.370 e. The highest BCUT2D eigenvalue weighted by molar-refractivity contribution is 7.17. The molecule has 3 aromatic heterocycles. The number of thiophene rings is 1. The van der Waals surface area contributed by atoms with Crippen LogP contribution in [0.1, 0.15) is 18.4 Å². The van der Waals surface area contributed by atoms with E-state index >= 15 is 0 Å². The minimum Gasteiger partial charge on any atom is -0.370 e. The standard InChI is InChI=1S/C15H16N4OS/c1-3-16-13-8-10(2)17-14(18-13)9-19-6-4-12-11(15(19)20)5-7-21-12/h4-8H,3,9H2,1-2H3,(H,16,17,18). The fourth-order valence-corrected chi connectivity index (χ4v) is 3.03. The van der Waals surface area contributed by atoms with Crippen molar-refractivity contribution in [3.05, 3.63) is 51.6 Å². The first-order valence-corrected chi connectivity index (χ1v) is 7.70. The lowest BCUT2D eigenvalue weighted by atomic mass is 10.3. The van der Waals surface area contributed by atoms with Gasteiger partial charge >= 0.3 is 0 Å². The van der Waals surface area contributed by atoms with E-state index in [9.17, 15) is 4.79 Å². The first kappa shape index (κ1) is 13.8. The van der Waals surface area contributed by atoms with Crippen molar-refractivity contribution >= 4 is 27.2 Å². The molecule has 0 bridgehead atoms. The van der Waals surface area contributed by atoms with E-state index in [1.54, 1.807) is 22.1 Å². The first-order chi connectivity index (χ1) is 10.2. The van der Waals surface area contributed by atoms with Crippen molar-refractivity contribution in [3.63, 3.8) is 0 Å². The molecule has 0 aliphatic carbocycles. The quantitative estimate of drug-likeness (QED) is 0.804. The van der Waals surface area contributed by atoms with E-state index in [1.807, 2.05) is 37.4 Å². The van der Waals surface area contributed by atoms with Gasteiger partial charge in [0.05, 0.1) is 11.9 Å².